The maximum absolute atomic E-state index is 12.8. The van der Waals surface area contributed by atoms with Gasteiger partial charge in [0.25, 0.3) is 5.56 Å². The summed E-state index contributed by atoms with van der Waals surface area (Å²) in [6.45, 7) is 1.81. The monoisotopic (exact) mass is 338 g/mol. The van der Waals surface area contributed by atoms with Gasteiger partial charge in [0.15, 0.2) is 0 Å². The van der Waals surface area contributed by atoms with E-state index in [1.54, 1.807) is 13.0 Å². The van der Waals surface area contributed by atoms with Crippen molar-refractivity contribution in [2.24, 2.45) is 0 Å². The van der Waals surface area contributed by atoms with Crippen molar-refractivity contribution in [1.29, 1.82) is 0 Å². The third kappa shape index (κ3) is 3.29. The lowest BCUT2D eigenvalue weighted by Crippen LogP contribution is -2.26. The molecule has 0 aliphatic rings. The lowest BCUT2D eigenvalue weighted by molar-refractivity contribution is 0.0601. The highest BCUT2D eigenvalue weighted by Crippen LogP contribution is 2.16. The molecule has 0 unspecified atom stereocenters. The quantitative estimate of drug-likeness (QED) is 0.738. The number of nitrogens with zero attached hydrogens (tertiary/aromatic N) is 2. The molecule has 1 aromatic heterocycles. The first-order chi connectivity index (χ1) is 12.0. The van der Waals surface area contributed by atoms with Crippen molar-refractivity contribution in [2.75, 3.05) is 7.11 Å². The number of aryl methyl sites for hydroxylation is 1. The number of hydrogen-bond acceptors (Lipinski definition) is 5. The summed E-state index contributed by atoms with van der Waals surface area (Å²) in [6.07, 6.45) is -0.814. The zero-order valence-corrected chi connectivity index (χ0v) is 14.0. The smallest absolute Gasteiger partial charge is 0.337 e. The molecule has 1 N–H and O–H groups in total. The van der Waals surface area contributed by atoms with Crippen molar-refractivity contribution in [3.63, 3.8) is 0 Å². The molecule has 1 atom stereocenters. The highest BCUT2D eigenvalue weighted by Gasteiger charge is 2.15. The molecule has 2 aromatic carbocycles. The lowest BCUT2D eigenvalue weighted by Gasteiger charge is -2.16. The number of benzene rings is 2. The third-order valence-corrected chi connectivity index (χ3v) is 4.11. The second-order valence-electron chi connectivity index (χ2n) is 5.72. The molecule has 0 aliphatic heterocycles. The van der Waals surface area contributed by atoms with E-state index in [9.17, 15) is 14.7 Å². The Balaban J connectivity index is 2.02. The van der Waals surface area contributed by atoms with Crippen molar-refractivity contribution >= 4 is 16.9 Å². The normalized spacial score (nSPS) is 12.1. The van der Waals surface area contributed by atoms with Crippen LogP contribution in [0.15, 0.2) is 53.3 Å². The fourth-order valence-electron chi connectivity index (χ4n) is 2.75. The fraction of sp³-hybridized carbons (Fsp3) is 0.211. The molecular weight excluding hydrogens is 320 g/mol. The molecule has 0 spiro atoms. The van der Waals surface area contributed by atoms with Crippen LogP contribution in [0.5, 0.6) is 0 Å². The fourth-order valence-corrected chi connectivity index (χ4v) is 2.75. The molecule has 0 fully saturated rings. The van der Waals surface area contributed by atoms with E-state index >= 15 is 0 Å². The van der Waals surface area contributed by atoms with Gasteiger partial charge in [-0.25, -0.2) is 9.78 Å². The van der Waals surface area contributed by atoms with Gasteiger partial charge < -0.3 is 9.84 Å². The average molecular weight is 338 g/mol. The van der Waals surface area contributed by atoms with Gasteiger partial charge in [0.2, 0.25) is 0 Å². The van der Waals surface area contributed by atoms with Gasteiger partial charge in [-0.05, 0) is 30.7 Å². The highest BCUT2D eigenvalue weighted by molar-refractivity contribution is 5.94. The number of aliphatic hydroxyl groups excluding tert-OH is 1. The molecule has 0 amide bonds. The number of methoxy groups -OCH3 is 1. The second kappa shape index (κ2) is 6.86. The van der Waals surface area contributed by atoms with Crippen LogP contribution in [0.2, 0.25) is 0 Å². The van der Waals surface area contributed by atoms with E-state index in [0.717, 1.165) is 5.56 Å². The van der Waals surface area contributed by atoms with E-state index < -0.39 is 12.1 Å². The number of carbonyl (C=O) groups is 1. The molecule has 3 aromatic rings. The topological polar surface area (TPSA) is 81.4 Å². The summed E-state index contributed by atoms with van der Waals surface area (Å²) in [5, 5.41) is 10.8. The number of fused-ring (bicyclic) bond motifs is 1. The van der Waals surface area contributed by atoms with Crippen LogP contribution in [0, 0.1) is 6.92 Å². The van der Waals surface area contributed by atoms with Crippen LogP contribution in [0.25, 0.3) is 10.9 Å². The Bertz CT molecular complexity index is 980. The summed E-state index contributed by atoms with van der Waals surface area (Å²) in [4.78, 5) is 28.8. The molecule has 0 saturated heterocycles. The Hall–Kier alpha value is -2.99. The van der Waals surface area contributed by atoms with Crippen molar-refractivity contribution in [3.05, 3.63) is 75.8 Å². The summed E-state index contributed by atoms with van der Waals surface area (Å²) in [5.41, 5.74) is 1.24. The molecule has 6 nitrogen and oxygen atoms in total. The molecule has 1 heterocycles. The summed E-state index contributed by atoms with van der Waals surface area (Å²) in [7, 11) is 1.30. The first kappa shape index (κ1) is 16.9. The van der Waals surface area contributed by atoms with Gasteiger partial charge in [-0.3, -0.25) is 9.36 Å². The van der Waals surface area contributed by atoms with Gasteiger partial charge in [0.05, 0.1) is 36.2 Å². The number of aliphatic hydroxyl groups is 1. The molecule has 0 saturated carbocycles. The maximum Gasteiger partial charge on any atom is 0.337 e. The molecule has 128 valence electrons. The molecule has 0 bridgehead atoms. The van der Waals surface area contributed by atoms with E-state index in [1.165, 1.54) is 23.8 Å². The van der Waals surface area contributed by atoms with Crippen molar-refractivity contribution in [3.8, 4) is 0 Å². The Kier molecular flexibility index (Phi) is 4.63. The molecule has 6 heteroatoms. The van der Waals surface area contributed by atoms with Crippen LogP contribution >= 0.6 is 0 Å². The van der Waals surface area contributed by atoms with Crippen LogP contribution in [0.1, 0.15) is 27.8 Å². The summed E-state index contributed by atoms with van der Waals surface area (Å²) in [6, 6.07) is 13.8. The van der Waals surface area contributed by atoms with Crippen molar-refractivity contribution in [1.82, 2.24) is 9.55 Å². The van der Waals surface area contributed by atoms with Gasteiger partial charge >= 0.3 is 5.97 Å². The van der Waals surface area contributed by atoms with E-state index in [0.29, 0.717) is 22.3 Å². The summed E-state index contributed by atoms with van der Waals surface area (Å²) >= 11 is 0. The van der Waals surface area contributed by atoms with Crippen LogP contribution in [0.3, 0.4) is 0 Å². The van der Waals surface area contributed by atoms with Gasteiger partial charge in [-0.15, -0.1) is 0 Å². The molecule has 25 heavy (non-hydrogen) atoms. The van der Waals surface area contributed by atoms with E-state index in [4.69, 9.17) is 0 Å². The highest BCUT2D eigenvalue weighted by atomic mass is 16.5. The SMILES string of the molecule is COC(=O)c1ccc2c(=O)n(C[C@H](O)c3ccccc3)c(C)nc2c1. The van der Waals surface area contributed by atoms with Gasteiger partial charge in [-0.2, -0.15) is 0 Å². The van der Waals surface area contributed by atoms with Gasteiger partial charge in [0.1, 0.15) is 5.82 Å². The molecule has 0 radical (unpaired) electrons. The minimum Gasteiger partial charge on any atom is -0.465 e. The Morgan fingerprint density at radius 3 is 2.64 bits per heavy atom. The maximum atomic E-state index is 12.8. The van der Waals surface area contributed by atoms with Crippen LogP contribution < -0.4 is 5.56 Å². The number of rotatable bonds is 4. The number of carbonyl (C=O) groups excluding carboxylic acids is 1. The van der Waals surface area contributed by atoms with E-state index in [2.05, 4.69) is 9.72 Å². The molecule has 0 aliphatic carbocycles. The van der Waals surface area contributed by atoms with Crippen LogP contribution in [-0.2, 0) is 11.3 Å². The van der Waals surface area contributed by atoms with Crippen molar-refractivity contribution in [2.45, 2.75) is 19.6 Å². The Morgan fingerprint density at radius 2 is 1.96 bits per heavy atom. The Labute approximate surface area is 144 Å². The molecular formula is C19H18N2O4. The van der Waals surface area contributed by atoms with Gasteiger partial charge in [-0.1, -0.05) is 30.3 Å². The van der Waals surface area contributed by atoms with E-state index in [1.807, 2.05) is 30.3 Å². The zero-order valence-electron chi connectivity index (χ0n) is 14.0. The standard InChI is InChI=1S/C19H18N2O4/c1-12-20-16-10-14(19(24)25-2)8-9-15(16)18(23)21(12)11-17(22)13-6-4-3-5-7-13/h3-10,17,22H,11H2,1-2H3/t17-/m0/s1. The minimum absolute atomic E-state index is 0.108. The second-order valence-corrected chi connectivity index (χ2v) is 5.72. The lowest BCUT2D eigenvalue weighted by atomic mass is 10.1. The van der Waals surface area contributed by atoms with E-state index in [-0.39, 0.29) is 12.1 Å². The predicted octanol–water partition coefficient (Wildman–Crippen LogP) is 2.23. The largest absolute Gasteiger partial charge is 0.465 e. The van der Waals surface area contributed by atoms with Crippen LogP contribution in [0.4, 0.5) is 0 Å². The Morgan fingerprint density at radius 1 is 1.24 bits per heavy atom. The van der Waals surface area contributed by atoms with Gasteiger partial charge in [0, 0.05) is 0 Å². The first-order valence-corrected chi connectivity index (χ1v) is 7.84. The summed E-state index contributed by atoms with van der Waals surface area (Å²) < 4.78 is 6.13. The van der Waals surface area contributed by atoms with Crippen molar-refractivity contribution < 1.29 is 14.6 Å². The van der Waals surface area contributed by atoms with Crippen LogP contribution in [-0.4, -0.2) is 27.7 Å². The average Bonchev–Trinajstić information content (AvgIpc) is 2.64. The number of aromatic nitrogens is 2. The summed E-state index contributed by atoms with van der Waals surface area (Å²) in [5.74, 6) is -0.0143. The molecule has 3 rings (SSSR count). The minimum atomic E-state index is -0.814. The third-order valence-electron chi connectivity index (χ3n) is 4.11. The zero-order chi connectivity index (χ0) is 18.0. The number of esters is 1. The first-order valence-electron chi connectivity index (χ1n) is 7.84. The predicted molar refractivity (Wildman–Crippen MR) is 93.5 cm³/mol. The number of hydrogen-bond donors (Lipinski definition) is 1. The number of ether oxygens (including phenoxy) is 1.